The lowest BCUT2D eigenvalue weighted by atomic mass is 9.86. The number of anilines is 1. The Morgan fingerprint density at radius 1 is 1.32 bits per heavy atom. The van der Waals surface area contributed by atoms with Crippen molar-refractivity contribution in [3.63, 3.8) is 0 Å². The Balaban J connectivity index is 1.68. The number of rotatable bonds is 4. The monoisotopic (exact) mass is 434 g/mol. The van der Waals surface area contributed by atoms with E-state index in [1.165, 1.54) is 0 Å². The SMILES string of the molecule is CC(C)(C)OC(=O)N[C@@H]1CN(c2c([N+](=O)[O-])c[n+]([O-])c3c2CCC3)C[C@H](C2CC2)[C@H]1O. The first kappa shape index (κ1) is 21.6. The molecular formula is C21H30N4O6. The summed E-state index contributed by atoms with van der Waals surface area (Å²) in [5.41, 5.74) is 0.841. The Bertz CT molecular complexity index is 895. The van der Waals surface area contributed by atoms with Gasteiger partial charge in [-0.05, 0) is 52.4 Å². The van der Waals surface area contributed by atoms with E-state index < -0.39 is 28.8 Å². The van der Waals surface area contributed by atoms with Crippen LogP contribution in [0.2, 0.25) is 0 Å². The predicted molar refractivity (Wildman–Crippen MR) is 112 cm³/mol. The van der Waals surface area contributed by atoms with Gasteiger partial charge in [0.1, 0.15) is 11.3 Å². The van der Waals surface area contributed by atoms with E-state index in [2.05, 4.69) is 5.32 Å². The number of nitrogens with one attached hydrogen (secondary N) is 1. The number of ether oxygens (including phenoxy) is 1. The second kappa shape index (κ2) is 7.81. The number of aliphatic hydroxyl groups excluding tert-OH is 1. The third kappa shape index (κ3) is 4.39. The third-order valence-corrected chi connectivity index (χ3v) is 6.36. The Labute approximate surface area is 180 Å². The lowest BCUT2D eigenvalue weighted by Crippen LogP contribution is -2.60. The van der Waals surface area contributed by atoms with Crippen LogP contribution in [0.5, 0.6) is 0 Å². The number of nitrogens with zero attached hydrogens (tertiary/aromatic N) is 3. The summed E-state index contributed by atoms with van der Waals surface area (Å²) in [6, 6.07) is -0.634. The summed E-state index contributed by atoms with van der Waals surface area (Å²) in [7, 11) is 0. The highest BCUT2D eigenvalue weighted by Crippen LogP contribution is 2.44. The molecule has 0 unspecified atom stereocenters. The average Bonchev–Trinajstić information content (AvgIpc) is 3.37. The van der Waals surface area contributed by atoms with Crippen molar-refractivity contribution in [2.24, 2.45) is 11.8 Å². The molecule has 2 aliphatic carbocycles. The number of nitro groups is 1. The molecule has 2 fully saturated rings. The number of piperidine rings is 1. The van der Waals surface area contributed by atoms with Crippen LogP contribution >= 0.6 is 0 Å². The van der Waals surface area contributed by atoms with Crippen LogP contribution in [0.1, 0.15) is 51.3 Å². The molecule has 0 aromatic carbocycles. The lowest BCUT2D eigenvalue weighted by Gasteiger charge is -2.43. The number of carbonyl (C=O) groups is 1. The molecule has 1 saturated carbocycles. The van der Waals surface area contributed by atoms with Crippen molar-refractivity contribution in [2.45, 2.75) is 70.6 Å². The smallest absolute Gasteiger partial charge is 0.408 e. The average molecular weight is 434 g/mol. The van der Waals surface area contributed by atoms with E-state index in [1.807, 2.05) is 4.90 Å². The number of amides is 1. The zero-order chi connectivity index (χ0) is 22.5. The van der Waals surface area contributed by atoms with E-state index in [9.17, 15) is 25.2 Å². The Hall–Kier alpha value is -2.62. The van der Waals surface area contributed by atoms with Gasteiger partial charge in [0, 0.05) is 25.4 Å². The van der Waals surface area contributed by atoms with E-state index in [-0.39, 0.29) is 18.2 Å². The molecule has 1 aromatic rings. The summed E-state index contributed by atoms with van der Waals surface area (Å²) in [5.74, 6) is 0.200. The maximum absolute atomic E-state index is 12.4. The van der Waals surface area contributed by atoms with Gasteiger partial charge in [-0.1, -0.05) is 0 Å². The van der Waals surface area contributed by atoms with Gasteiger partial charge in [0.2, 0.25) is 0 Å². The van der Waals surface area contributed by atoms with E-state index in [1.54, 1.807) is 20.8 Å². The van der Waals surface area contributed by atoms with Crippen molar-refractivity contribution in [3.05, 3.63) is 32.8 Å². The number of aliphatic hydroxyl groups is 1. The Morgan fingerprint density at radius 3 is 2.65 bits per heavy atom. The van der Waals surface area contributed by atoms with Gasteiger partial charge in [-0.25, -0.2) is 4.79 Å². The number of aromatic nitrogens is 1. The first-order valence-electron chi connectivity index (χ1n) is 10.9. The second-order valence-electron chi connectivity index (χ2n) is 9.87. The molecule has 2 N–H and O–H groups in total. The highest BCUT2D eigenvalue weighted by molar-refractivity contribution is 5.70. The molecule has 0 bridgehead atoms. The van der Waals surface area contributed by atoms with E-state index >= 15 is 0 Å². The van der Waals surface area contributed by atoms with Gasteiger partial charge >= 0.3 is 11.8 Å². The van der Waals surface area contributed by atoms with Gasteiger partial charge in [0.15, 0.2) is 5.69 Å². The van der Waals surface area contributed by atoms with Crippen LogP contribution in [0.25, 0.3) is 0 Å². The van der Waals surface area contributed by atoms with Gasteiger partial charge < -0.3 is 25.3 Å². The quantitative estimate of drug-likeness (QED) is 0.320. The van der Waals surface area contributed by atoms with E-state index in [0.717, 1.165) is 25.5 Å². The summed E-state index contributed by atoms with van der Waals surface area (Å²) in [6.45, 7) is 5.95. The minimum absolute atomic E-state index is 0.120. The second-order valence-corrected chi connectivity index (χ2v) is 9.87. The standard InChI is InChI=1S/C21H30N4O6/c1-21(2,3)31-20(27)22-15-10-23(9-14(19(15)26)12-7-8-12)18-13-5-4-6-16(13)24(28)11-17(18)25(29)30/h11-12,14-15,19,26H,4-10H2,1-3H3,(H,22,27)/t14-,15-,19-/m1/s1. The number of hydrogen-bond acceptors (Lipinski definition) is 7. The van der Waals surface area contributed by atoms with Crippen LogP contribution in [0, 0.1) is 27.2 Å². The van der Waals surface area contributed by atoms with E-state index in [0.29, 0.717) is 47.0 Å². The molecule has 1 saturated heterocycles. The molecule has 0 spiro atoms. The van der Waals surface area contributed by atoms with Crippen molar-refractivity contribution in [2.75, 3.05) is 18.0 Å². The lowest BCUT2D eigenvalue weighted by molar-refractivity contribution is -0.617. The van der Waals surface area contributed by atoms with Crippen molar-refractivity contribution >= 4 is 17.5 Å². The molecule has 31 heavy (non-hydrogen) atoms. The highest BCUT2D eigenvalue weighted by Gasteiger charge is 2.47. The van der Waals surface area contributed by atoms with Gasteiger partial charge in [0.05, 0.1) is 22.6 Å². The first-order chi connectivity index (χ1) is 14.5. The Kier molecular flexibility index (Phi) is 5.45. The fraction of sp³-hybridized carbons (Fsp3) is 0.714. The topological polar surface area (TPSA) is 132 Å². The fourth-order valence-corrected chi connectivity index (χ4v) is 4.92. The van der Waals surface area contributed by atoms with Crippen LogP contribution in [0.4, 0.5) is 16.2 Å². The highest BCUT2D eigenvalue weighted by atomic mass is 16.6. The van der Waals surface area contributed by atoms with Crippen molar-refractivity contribution < 1.29 is 24.3 Å². The largest absolute Gasteiger partial charge is 0.618 e. The molecule has 0 radical (unpaired) electrons. The number of pyridine rings is 1. The van der Waals surface area contributed by atoms with Crippen molar-refractivity contribution in [1.82, 2.24) is 5.32 Å². The molecule has 3 aliphatic rings. The number of fused-ring (bicyclic) bond motifs is 1. The summed E-state index contributed by atoms with van der Waals surface area (Å²) in [6.07, 6.45) is 3.60. The molecule has 3 atom stereocenters. The molecule has 170 valence electrons. The number of carbonyl (C=O) groups excluding carboxylic acids is 1. The molecule has 2 heterocycles. The Morgan fingerprint density at radius 2 is 2.03 bits per heavy atom. The maximum atomic E-state index is 12.4. The summed E-state index contributed by atoms with van der Waals surface area (Å²) < 4.78 is 5.98. The zero-order valence-electron chi connectivity index (χ0n) is 18.2. The normalized spacial score (nSPS) is 25.8. The van der Waals surface area contributed by atoms with Crippen LogP contribution < -0.4 is 14.9 Å². The molecule has 1 aromatic heterocycles. The van der Waals surface area contributed by atoms with Crippen molar-refractivity contribution in [3.8, 4) is 0 Å². The number of hydrogen-bond donors (Lipinski definition) is 2. The van der Waals surface area contributed by atoms with Gasteiger partial charge in [0.25, 0.3) is 6.20 Å². The van der Waals surface area contributed by atoms with Crippen molar-refractivity contribution in [1.29, 1.82) is 0 Å². The predicted octanol–water partition coefficient (Wildman–Crippen LogP) is 1.82. The molecule has 1 aliphatic heterocycles. The molecular weight excluding hydrogens is 404 g/mol. The molecule has 10 heteroatoms. The first-order valence-corrected chi connectivity index (χ1v) is 10.9. The molecule has 10 nitrogen and oxygen atoms in total. The van der Waals surface area contributed by atoms with Crippen LogP contribution in [-0.4, -0.2) is 47.0 Å². The van der Waals surface area contributed by atoms with Gasteiger partial charge in [-0.15, -0.1) is 0 Å². The fourth-order valence-electron chi connectivity index (χ4n) is 4.92. The maximum Gasteiger partial charge on any atom is 0.408 e. The van der Waals surface area contributed by atoms with Gasteiger partial charge in [-0.2, -0.15) is 4.73 Å². The minimum Gasteiger partial charge on any atom is -0.618 e. The minimum atomic E-state index is -0.767. The zero-order valence-corrected chi connectivity index (χ0v) is 18.2. The summed E-state index contributed by atoms with van der Waals surface area (Å²) in [5, 5.41) is 37.9. The number of alkyl carbamates (subject to hydrolysis) is 1. The van der Waals surface area contributed by atoms with Crippen LogP contribution in [0.3, 0.4) is 0 Å². The van der Waals surface area contributed by atoms with Crippen LogP contribution in [-0.2, 0) is 17.6 Å². The molecule has 1 amide bonds. The van der Waals surface area contributed by atoms with Gasteiger partial charge in [-0.3, -0.25) is 10.1 Å². The summed E-state index contributed by atoms with van der Waals surface area (Å²) >= 11 is 0. The van der Waals surface area contributed by atoms with Crippen LogP contribution in [0.15, 0.2) is 6.20 Å². The summed E-state index contributed by atoms with van der Waals surface area (Å²) in [4.78, 5) is 25.6. The van der Waals surface area contributed by atoms with E-state index in [4.69, 9.17) is 4.74 Å². The third-order valence-electron chi connectivity index (χ3n) is 6.36. The molecule has 4 rings (SSSR count).